The van der Waals surface area contributed by atoms with Gasteiger partial charge >= 0.3 is 0 Å². The lowest BCUT2D eigenvalue weighted by atomic mass is 10.1. The van der Waals surface area contributed by atoms with E-state index in [0.29, 0.717) is 18.7 Å². The van der Waals surface area contributed by atoms with Crippen molar-refractivity contribution >= 4 is 21.6 Å². The topological polar surface area (TPSA) is 66.8 Å². The second-order valence-electron chi connectivity index (χ2n) is 6.45. The van der Waals surface area contributed by atoms with Gasteiger partial charge in [-0.3, -0.25) is 4.79 Å². The summed E-state index contributed by atoms with van der Waals surface area (Å²) in [7, 11) is -3.97. The van der Waals surface area contributed by atoms with Crippen molar-refractivity contribution in [3.63, 3.8) is 0 Å². The second kappa shape index (κ2) is 7.83. The van der Waals surface area contributed by atoms with Crippen molar-refractivity contribution in [3.8, 4) is 0 Å². The molecule has 26 heavy (non-hydrogen) atoms. The van der Waals surface area contributed by atoms with E-state index in [4.69, 9.17) is 0 Å². The Hall–Kier alpha value is -2.47. The van der Waals surface area contributed by atoms with Crippen LogP contribution in [-0.2, 0) is 14.8 Å². The van der Waals surface area contributed by atoms with Crippen LogP contribution < -0.4 is 0 Å². The third-order valence-electron chi connectivity index (χ3n) is 4.42. The summed E-state index contributed by atoms with van der Waals surface area (Å²) < 4.78 is 29.5. The standard InChI is InChI=1S/C20H22N2O3S/c1-16-10-12-18(13-11-16)26(24,25)21-19(17-8-4-2-5-9-17)20(23)22-14-6-3-7-15-22/h2,4-5,8-13H,3,6-7,14-15H2,1H3/b21-19+. The van der Waals surface area contributed by atoms with Crippen LogP contribution in [0.15, 0.2) is 63.9 Å². The van der Waals surface area contributed by atoms with Crippen LogP contribution >= 0.6 is 0 Å². The summed E-state index contributed by atoms with van der Waals surface area (Å²) in [5, 5.41) is 0. The van der Waals surface area contributed by atoms with Crippen LogP contribution in [0.3, 0.4) is 0 Å². The minimum absolute atomic E-state index is 0.0203. The predicted octanol–water partition coefficient (Wildman–Crippen LogP) is 3.19. The Morgan fingerprint density at radius 3 is 2.15 bits per heavy atom. The fourth-order valence-corrected chi connectivity index (χ4v) is 3.95. The van der Waals surface area contributed by atoms with Crippen LogP contribution in [0.4, 0.5) is 0 Å². The molecule has 0 aliphatic carbocycles. The van der Waals surface area contributed by atoms with Gasteiger partial charge in [-0.25, -0.2) is 0 Å². The Balaban J connectivity index is 2.03. The second-order valence-corrected chi connectivity index (χ2v) is 8.05. The predicted molar refractivity (Wildman–Crippen MR) is 102 cm³/mol. The largest absolute Gasteiger partial charge is 0.337 e. The number of hydrogen-bond acceptors (Lipinski definition) is 3. The first-order valence-corrected chi connectivity index (χ1v) is 10.2. The van der Waals surface area contributed by atoms with Gasteiger partial charge in [0.2, 0.25) is 0 Å². The molecular weight excluding hydrogens is 348 g/mol. The number of sulfonamides is 1. The van der Waals surface area contributed by atoms with E-state index in [2.05, 4.69) is 4.40 Å². The minimum atomic E-state index is -3.97. The van der Waals surface area contributed by atoms with Gasteiger partial charge < -0.3 is 4.90 Å². The molecule has 136 valence electrons. The molecule has 1 aliphatic heterocycles. The van der Waals surface area contributed by atoms with Crippen molar-refractivity contribution in [1.82, 2.24) is 4.90 Å². The molecule has 0 spiro atoms. The lowest BCUT2D eigenvalue weighted by Crippen LogP contribution is -2.40. The van der Waals surface area contributed by atoms with E-state index in [0.717, 1.165) is 24.8 Å². The van der Waals surface area contributed by atoms with Crippen molar-refractivity contribution in [2.24, 2.45) is 4.40 Å². The molecule has 0 unspecified atom stereocenters. The first-order chi connectivity index (χ1) is 12.5. The SMILES string of the molecule is Cc1ccc(S(=O)(=O)/N=C(/C(=O)N2CCCCC2)c2ccccc2)cc1. The van der Waals surface area contributed by atoms with Crippen molar-refractivity contribution in [2.45, 2.75) is 31.1 Å². The van der Waals surface area contributed by atoms with Gasteiger partial charge in [-0.1, -0.05) is 48.0 Å². The highest BCUT2D eigenvalue weighted by atomic mass is 32.2. The van der Waals surface area contributed by atoms with Gasteiger partial charge in [-0.2, -0.15) is 12.8 Å². The molecule has 1 aliphatic rings. The summed E-state index contributed by atoms with van der Waals surface area (Å²) in [4.78, 5) is 14.8. The van der Waals surface area contributed by atoms with Crippen LogP contribution in [0, 0.1) is 6.92 Å². The summed E-state index contributed by atoms with van der Waals surface area (Å²) in [6.45, 7) is 3.15. The molecule has 1 saturated heterocycles. The first-order valence-electron chi connectivity index (χ1n) is 8.74. The van der Waals surface area contributed by atoms with Gasteiger partial charge in [-0.15, -0.1) is 0 Å². The Morgan fingerprint density at radius 1 is 0.923 bits per heavy atom. The minimum Gasteiger partial charge on any atom is -0.337 e. The molecule has 0 aromatic heterocycles. The van der Waals surface area contributed by atoms with E-state index in [1.807, 2.05) is 13.0 Å². The number of amides is 1. The Bertz CT molecular complexity index is 898. The lowest BCUT2D eigenvalue weighted by molar-refractivity contribution is -0.124. The molecule has 0 saturated carbocycles. The number of nitrogens with zero attached hydrogens (tertiary/aromatic N) is 2. The summed E-state index contributed by atoms with van der Waals surface area (Å²) in [5.41, 5.74) is 1.45. The van der Waals surface area contributed by atoms with Crippen LogP contribution in [0.1, 0.15) is 30.4 Å². The maximum Gasteiger partial charge on any atom is 0.283 e. The molecule has 1 heterocycles. The summed E-state index contributed by atoms with van der Waals surface area (Å²) in [5.74, 6) is -0.327. The van der Waals surface area contributed by atoms with Crippen molar-refractivity contribution in [2.75, 3.05) is 13.1 Å². The maximum atomic E-state index is 13.0. The number of benzene rings is 2. The average Bonchev–Trinajstić information content (AvgIpc) is 2.67. The molecule has 1 amide bonds. The van der Waals surface area contributed by atoms with Gasteiger partial charge in [0.15, 0.2) is 0 Å². The van der Waals surface area contributed by atoms with E-state index >= 15 is 0 Å². The summed E-state index contributed by atoms with van der Waals surface area (Å²) in [6, 6.07) is 15.3. The zero-order valence-corrected chi connectivity index (χ0v) is 15.6. The Kier molecular flexibility index (Phi) is 5.52. The molecule has 5 nitrogen and oxygen atoms in total. The normalized spacial score (nSPS) is 15.7. The fraction of sp³-hybridized carbons (Fsp3) is 0.300. The van der Waals surface area contributed by atoms with Crippen LogP contribution in [-0.4, -0.2) is 38.0 Å². The van der Waals surface area contributed by atoms with E-state index in [9.17, 15) is 13.2 Å². The molecule has 0 radical (unpaired) electrons. The van der Waals surface area contributed by atoms with E-state index in [1.165, 1.54) is 12.1 Å². The number of rotatable bonds is 4. The monoisotopic (exact) mass is 370 g/mol. The third-order valence-corrected chi connectivity index (χ3v) is 5.71. The van der Waals surface area contributed by atoms with E-state index in [1.54, 1.807) is 41.3 Å². The first kappa shape index (κ1) is 18.3. The zero-order valence-electron chi connectivity index (χ0n) is 14.8. The van der Waals surface area contributed by atoms with Gasteiger partial charge in [0, 0.05) is 18.7 Å². The molecule has 2 aromatic carbocycles. The van der Waals surface area contributed by atoms with Crippen LogP contribution in [0.5, 0.6) is 0 Å². The quantitative estimate of drug-likeness (QED) is 0.776. The van der Waals surface area contributed by atoms with Gasteiger partial charge in [0.05, 0.1) is 4.90 Å². The van der Waals surface area contributed by atoms with Gasteiger partial charge in [0.25, 0.3) is 15.9 Å². The third kappa shape index (κ3) is 4.19. The Labute approximate surface area is 154 Å². The molecule has 2 aromatic rings. The van der Waals surface area contributed by atoms with Crippen molar-refractivity contribution < 1.29 is 13.2 Å². The highest BCUT2D eigenvalue weighted by Gasteiger charge is 2.25. The van der Waals surface area contributed by atoms with Crippen LogP contribution in [0.25, 0.3) is 0 Å². The Morgan fingerprint density at radius 2 is 1.54 bits per heavy atom. The number of carbonyl (C=O) groups is 1. The maximum absolute atomic E-state index is 13.0. The van der Waals surface area contributed by atoms with Gasteiger partial charge in [0.1, 0.15) is 5.71 Å². The number of hydrogen-bond donors (Lipinski definition) is 0. The zero-order chi connectivity index (χ0) is 18.6. The highest BCUT2D eigenvalue weighted by Crippen LogP contribution is 2.17. The number of carbonyl (C=O) groups excluding carboxylic acids is 1. The molecular formula is C20H22N2O3S. The van der Waals surface area contributed by atoms with Gasteiger partial charge in [-0.05, 0) is 38.3 Å². The lowest BCUT2D eigenvalue weighted by Gasteiger charge is -2.27. The molecule has 0 bridgehead atoms. The van der Waals surface area contributed by atoms with E-state index in [-0.39, 0.29) is 16.5 Å². The smallest absolute Gasteiger partial charge is 0.283 e. The molecule has 0 N–H and O–H groups in total. The van der Waals surface area contributed by atoms with Crippen molar-refractivity contribution in [1.29, 1.82) is 0 Å². The molecule has 6 heteroatoms. The molecule has 0 atom stereocenters. The van der Waals surface area contributed by atoms with Crippen LogP contribution in [0.2, 0.25) is 0 Å². The summed E-state index contributed by atoms with van der Waals surface area (Å²) >= 11 is 0. The average molecular weight is 370 g/mol. The molecule has 1 fully saturated rings. The van der Waals surface area contributed by atoms with Crippen molar-refractivity contribution in [3.05, 3.63) is 65.7 Å². The molecule has 3 rings (SSSR count). The number of piperidine rings is 1. The fourth-order valence-electron chi connectivity index (χ4n) is 2.94. The number of aryl methyl sites for hydroxylation is 1. The van der Waals surface area contributed by atoms with E-state index < -0.39 is 10.0 Å². The summed E-state index contributed by atoms with van der Waals surface area (Å²) in [6.07, 6.45) is 2.94. The number of likely N-dealkylation sites (tertiary alicyclic amines) is 1. The highest BCUT2D eigenvalue weighted by molar-refractivity contribution is 7.90.